The number of piperidine rings is 1. The van der Waals surface area contributed by atoms with Gasteiger partial charge in [-0.1, -0.05) is 18.6 Å². The smallest absolute Gasteiger partial charge is 0.119 e. The molecule has 1 aromatic rings. The lowest BCUT2D eigenvalue weighted by atomic mass is 9.98. The van der Waals surface area contributed by atoms with Gasteiger partial charge in [0.05, 0.1) is 0 Å². The van der Waals surface area contributed by atoms with Crippen molar-refractivity contribution in [1.82, 2.24) is 5.32 Å². The molecule has 0 spiro atoms. The summed E-state index contributed by atoms with van der Waals surface area (Å²) in [4.78, 5) is 0. The van der Waals surface area contributed by atoms with E-state index in [0.29, 0.717) is 12.1 Å². The van der Waals surface area contributed by atoms with Gasteiger partial charge in [-0.3, -0.25) is 0 Å². The van der Waals surface area contributed by atoms with Gasteiger partial charge in [-0.05, 0) is 62.1 Å². The molecule has 1 N–H and O–H groups in total. The first-order valence-electron chi connectivity index (χ1n) is 7.97. The van der Waals surface area contributed by atoms with Crippen LogP contribution in [0.2, 0.25) is 0 Å². The fraction of sp³-hybridized carbons (Fsp3) is 0.647. The normalized spacial score (nSPS) is 27.2. The predicted molar refractivity (Wildman–Crippen MR) is 86.8 cm³/mol. The SMILES string of the molecule is c1cc(OC2CCCSC2)ccc1CC1CCCCN1. The molecule has 0 aromatic heterocycles. The first-order chi connectivity index (χ1) is 9.90. The Morgan fingerprint density at radius 2 is 2.00 bits per heavy atom. The summed E-state index contributed by atoms with van der Waals surface area (Å²) in [6.45, 7) is 1.19. The first-order valence-corrected chi connectivity index (χ1v) is 9.12. The topological polar surface area (TPSA) is 21.3 Å². The summed E-state index contributed by atoms with van der Waals surface area (Å²) in [5.41, 5.74) is 1.43. The van der Waals surface area contributed by atoms with Gasteiger partial charge in [-0.15, -0.1) is 0 Å². The van der Waals surface area contributed by atoms with Crippen LogP contribution in [0.5, 0.6) is 5.75 Å². The summed E-state index contributed by atoms with van der Waals surface area (Å²) in [7, 11) is 0. The van der Waals surface area contributed by atoms with Crippen LogP contribution >= 0.6 is 11.8 Å². The lowest BCUT2D eigenvalue weighted by Crippen LogP contribution is -2.35. The molecule has 20 heavy (non-hydrogen) atoms. The number of thioether (sulfide) groups is 1. The molecule has 0 bridgehead atoms. The van der Waals surface area contributed by atoms with Crippen molar-refractivity contribution in [1.29, 1.82) is 0 Å². The van der Waals surface area contributed by atoms with Crippen LogP contribution in [0.3, 0.4) is 0 Å². The Hall–Kier alpha value is -0.670. The molecular weight excluding hydrogens is 266 g/mol. The molecule has 3 rings (SSSR count). The van der Waals surface area contributed by atoms with Crippen molar-refractivity contribution in [3.8, 4) is 5.75 Å². The van der Waals surface area contributed by atoms with Gasteiger partial charge in [-0.2, -0.15) is 11.8 Å². The number of rotatable bonds is 4. The van der Waals surface area contributed by atoms with E-state index in [-0.39, 0.29) is 0 Å². The Kier molecular flexibility index (Phi) is 5.26. The minimum absolute atomic E-state index is 0.416. The van der Waals surface area contributed by atoms with Crippen molar-refractivity contribution < 1.29 is 4.74 Å². The average molecular weight is 291 g/mol. The van der Waals surface area contributed by atoms with E-state index >= 15 is 0 Å². The second-order valence-electron chi connectivity index (χ2n) is 5.95. The standard InChI is InChI=1S/C17H25NOS/c1-2-10-18-15(4-1)12-14-6-8-16(9-7-14)19-17-5-3-11-20-13-17/h6-9,15,17-18H,1-5,10-13H2. The van der Waals surface area contributed by atoms with E-state index in [0.717, 1.165) is 17.9 Å². The Balaban J connectivity index is 1.51. The van der Waals surface area contributed by atoms with E-state index < -0.39 is 0 Å². The Morgan fingerprint density at radius 1 is 1.10 bits per heavy atom. The van der Waals surface area contributed by atoms with Crippen LogP contribution in [0.1, 0.15) is 37.7 Å². The monoisotopic (exact) mass is 291 g/mol. The molecule has 2 heterocycles. The molecule has 2 fully saturated rings. The Morgan fingerprint density at radius 3 is 2.70 bits per heavy atom. The molecule has 1 aromatic carbocycles. The largest absolute Gasteiger partial charge is 0.490 e. The van der Waals surface area contributed by atoms with Crippen molar-refractivity contribution in [2.24, 2.45) is 0 Å². The van der Waals surface area contributed by atoms with Crippen LogP contribution in [-0.2, 0) is 6.42 Å². The highest BCUT2D eigenvalue weighted by Crippen LogP contribution is 2.23. The summed E-state index contributed by atoms with van der Waals surface area (Å²) in [5, 5.41) is 3.61. The second-order valence-corrected chi connectivity index (χ2v) is 7.10. The minimum Gasteiger partial charge on any atom is -0.490 e. The molecule has 3 heteroatoms. The Labute approximate surface area is 126 Å². The van der Waals surface area contributed by atoms with Crippen LogP contribution in [-0.4, -0.2) is 30.2 Å². The summed E-state index contributed by atoms with van der Waals surface area (Å²) in [6.07, 6.45) is 8.10. The highest BCUT2D eigenvalue weighted by atomic mass is 32.2. The molecule has 2 atom stereocenters. The summed E-state index contributed by atoms with van der Waals surface area (Å²) >= 11 is 2.02. The summed E-state index contributed by atoms with van der Waals surface area (Å²) < 4.78 is 6.06. The minimum atomic E-state index is 0.416. The van der Waals surface area contributed by atoms with Gasteiger partial charge in [0.15, 0.2) is 0 Å². The van der Waals surface area contributed by atoms with Gasteiger partial charge in [0.1, 0.15) is 11.9 Å². The third-order valence-electron chi connectivity index (χ3n) is 4.24. The van der Waals surface area contributed by atoms with Crippen LogP contribution in [0.4, 0.5) is 0 Å². The van der Waals surface area contributed by atoms with Crippen molar-refractivity contribution in [3.63, 3.8) is 0 Å². The van der Waals surface area contributed by atoms with E-state index in [1.54, 1.807) is 0 Å². The molecule has 110 valence electrons. The number of nitrogens with one attached hydrogen (secondary N) is 1. The van der Waals surface area contributed by atoms with Crippen molar-refractivity contribution in [2.45, 2.75) is 50.7 Å². The maximum absolute atomic E-state index is 6.06. The van der Waals surface area contributed by atoms with Crippen LogP contribution in [0, 0.1) is 0 Å². The van der Waals surface area contributed by atoms with Crippen molar-refractivity contribution >= 4 is 11.8 Å². The summed E-state index contributed by atoms with van der Waals surface area (Å²) in [5.74, 6) is 3.49. The molecule has 0 aliphatic carbocycles. The van der Waals surface area contributed by atoms with Gasteiger partial charge in [-0.25, -0.2) is 0 Å². The van der Waals surface area contributed by atoms with Crippen LogP contribution < -0.4 is 10.1 Å². The zero-order valence-electron chi connectivity index (χ0n) is 12.1. The van der Waals surface area contributed by atoms with Gasteiger partial charge in [0.25, 0.3) is 0 Å². The molecule has 2 saturated heterocycles. The van der Waals surface area contributed by atoms with E-state index in [1.165, 1.54) is 50.0 Å². The fourth-order valence-corrected chi connectivity index (χ4v) is 4.12. The number of hydrogen-bond donors (Lipinski definition) is 1. The van der Waals surface area contributed by atoms with Gasteiger partial charge in [0, 0.05) is 11.8 Å². The van der Waals surface area contributed by atoms with Crippen LogP contribution in [0.25, 0.3) is 0 Å². The zero-order valence-corrected chi connectivity index (χ0v) is 13.0. The second kappa shape index (κ2) is 7.37. The average Bonchev–Trinajstić information content (AvgIpc) is 2.51. The number of hydrogen-bond acceptors (Lipinski definition) is 3. The predicted octanol–water partition coefficient (Wildman–Crippen LogP) is 3.65. The zero-order chi connectivity index (χ0) is 13.6. The maximum atomic E-state index is 6.06. The first kappa shape index (κ1) is 14.3. The van der Waals surface area contributed by atoms with Crippen molar-refractivity contribution in [3.05, 3.63) is 29.8 Å². The van der Waals surface area contributed by atoms with Crippen molar-refractivity contribution in [2.75, 3.05) is 18.1 Å². The highest BCUT2D eigenvalue weighted by molar-refractivity contribution is 7.99. The van der Waals surface area contributed by atoms with Gasteiger partial charge < -0.3 is 10.1 Å². The van der Waals surface area contributed by atoms with E-state index in [9.17, 15) is 0 Å². The Bertz CT molecular complexity index is 355. The quantitative estimate of drug-likeness (QED) is 0.915. The third kappa shape index (κ3) is 4.16. The van der Waals surface area contributed by atoms with E-state index in [1.807, 2.05) is 11.8 Å². The molecule has 2 aliphatic heterocycles. The molecule has 2 aliphatic rings. The third-order valence-corrected chi connectivity index (χ3v) is 5.42. The number of benzene rings is 1. The molecule has 0 saturated carbocycles. The highest BCUT2D eigenvalue weighted by Gasteiger charge is 2.16. The molecule has 2 nitrogen and oxygen atoms in total. The maximum Gasteiger partial charge on any atom is 0.119 e. The van der Waals surface area contributed by atoms with E-state index in [2.05, 4.69) is 29.6 Å². The fourth-order valence-electron chi connectivity index (χ4n) is 3.08. The van der Waals surface area contributed by atoms with Gasteiger partial charge in [0.2, 0.25) is 0 Å². The lowest BCUT2D eigenvalue weighted by molar-refractivity contribution is 0.211. The summed E-state index contributed by atoms with van der Waals surface area (Å²) in [6, 6.07) is 9.45. The lowest BCUT2D eigenvalue weighted by Gasteiger charge is -2.24. The molecular formula is C17H25NOS. The van der Waals surface area contributed by atoms with Gasteiger partial charge >= 0.3 is 0 Å². The molecule has 0 amide bonds. The number of ether oxygens (including phenoxy) is 1. The molecule has 0 radical (unpaired) electrons. The molecule has 2 unspecified atom stereocenters. The van der Waals surface area contributed by atoms with Crippen LogP contribution in [0.15, 0.2) is 24.3 Å². The van der Waals surface area contributed by atoms with E-state index in [4.69, 9.17) is 4.74 Å².